The second-order valence-corrected chi connectivity index (χ2v) is 3.96. The van der Waals surface area contributed by atoms with E-state index in [1.165, 1.54) is 0 Å². The highest BCUT2D eigenvalue weighted by molar-refractivity contribution is 5.76. The Balaban J connectivity index is 5.99. The summed E-state index contributed by atoms with van der Waals surface area (Å²) in [4.78, 5) is 10.5. The first-order valence-electron chi connectivity index (χ1n) is 5.28. The van der Waals surface area contributed by atoms with Crippen LogP contribution in [0.4, 0.5) is 52.7 Å². The molecule has 0 aromatic rings. The molecule has 0 aromatic heterocycles. The van der Waals surface area contributed by atoms with Crippen LogP contribution in [0.5, 0.6) is 0 Å². The van der Waals surface area contributed by atoms with Gasteiger partial charge in [-0.25, -0.2) is 9.18 Å². The van der Waals surface area contributed by atoms with E-state index >= 15 is 0 Å². The van der Waals surface area contributed by atoms with Gasteiger partial charge < -0.3 is 4.74 Å². The minimum absolute atomic E-state index is 0.854. The van der Waals surface area contributed by atoms with Crippen LogP contribution in [0.15, 0.2) is 0 Å². The Hall–Kier alpha value is -1.37. The fourth-order valence-electron chi connectivity index (χ4n) is 1.11. The van der Waals surface area contributed by atoms with Gasteiger partial charge in [-0.15, -0.1) is 0 Å². The third-order valence-electron chi connectivity index (χ3n) is 2.38. The lowest BCUT2D eigenvalue weighted by molar-refractivity contribution is -0.425. The maximum absolute atomic E-state index is 13.0. The largest absolute Gasteiger partial charge is 0.464 e. The van der Waals surface area contributed by atoms with Crippen molar-refractivity contribution in [3.63, 3.8) is 0 Å². The van der Waals surface area contributed by atoms with Crippen molar-refractivity contribution in [3.05, 3.63) is 0 Å². The molecule has 1 unspecified atom stereocenters. The number of rotatable bonds is 6. The predicted molar refractivity (Wildman–Crippen MR) is 47.4 cm³/mol. The quantitative estimate of drug-likeness (QED) is 0.519. The van der Waals surface area contributed by atoms with Gasteiger partial charge in [-0.3, -0.25) is 0 Å². The highest BCUT2D eigenvalue weighted by Gasteiger charge is 2.88. The molecule has 1 atom stereocenters. The SMILES string of the molecule is CCOC(=O)C(F)C(F)(F)C(F)(F)C(F)(F)C(F)(F)C(F)(F)F. The average Bonchev–Trinajstić information content (AvgIpc) is 2.35. The second-order valence-electron chi connectivity index (χ2n) is 3.96. The number of hydrogen-bond acceptors (Lipinski definition) is 2. The monoisotopic (exact) mass is 374 g/mol. The van der Waals surface area contributed by atoms with Crippen molar-refractivity contribution in [1.82, 2.24) is 0 Å². The minimum atomic E-state index is -7.77. The van der Waals surface area contributed by atoms with Crippen LogP contribution in [0.2, 0.25) is 0 Å². The van der Waals surface area contributed by atoms with Crippen molar-refractivity contribution in [3.8, 4) is 0 Å². The molecule has 0 saturated carbocycles. The second kappa shape index (κ2) is 5.92. The van der Waals surface area contributed by atoms with Crippen molar-refractivity contribution < 1.29 is 62.2 Å². The zero-order valence-corrected chi connectivity index (χ0v) is 10.6. The summed E-state index contributed by atoms with van der Waals surface area (Å²) in [5.74, 6) is -32.7. The van der Waals surface area contributed by atoms with Crippen LogP contribution in [-0.4, -0.2) is 48.6 Å². The van der Waals surface area contributed by atoms with Gasteiger partial charge in [0.05, 0.1) is 6.61 Å². The first-order valence-corrected chi connectivity index (χ1v) is 5.28. The Morgan fingerprint density at radius 3 is 1.52 bits per heavy atom. The van der Waals surface area contributed by atoms with Gasteiger partial charge in [0, 0.05) is 0 Å². The van der Waals surface area contributed by atoms with Crippen LogP contribution >= 0.6 is 0 Å². The Kier molecular flexibility index (Phi) is 5.57. The molecule has 0 radical (unpaired) electrons. The number of ether oxygens (including phenoxy) is 1. The molecule has 0 fully saturated rings. The summed E-state index contributed by atoms with van der Waals surface area (Å²) in [6.07, 6.45) is -12.3. The normalized spacial score (nSPS) is 16.2. The van der Waals surface area contributed by atoms with E-state index in [-0.39, 0.29) is 0 Å². The molecule has 0 spiro atoms. The van der Waals surface area contributed by atoms with E-state index in [1.807, 2.05) is 0 Å². The van der Waals surface area contributed by atoms with Crippen LogP contribution in [0.25, 0.3) is 0 Å². The first-order chi connectivity index (χ1) is 9.89. The van der Waals surface area contributed by atoms with Crippen molar-refractivity contribution >= 4 is 5.97 Å². The predicted octanol–water partition coefficient (Wildman–Crippen LogP) is 3.99. The van der Waals surface area contributed by atoms with Crippen LogP contribution in [0.1, 0.15) is 6.92 Å². The summed E-state index contributed by atoms with van der Waals surface area (Å²) in [6.45, 7) is -0.0384. The minimum Gasteiger partial charge on any atom is -0.464 e. The van der Waals surface area contributed by atoms with Crippen LogP contribution in [-0.2, 0) is 9.53 Å². The molecule has 0 rings (SSSR count). The zero-order valence-electron chi connectivity index (χ0n) is 10.6. The Bertz CT molecular complexity index is 440. The van der Waals surface area contributed by atoms with Gasteiger partial charge in [0.15, 0.2) is 0 Å². The van der Waals surface area contributed by atoms with Gasteiger partial charge in [0.1, 0.15) is 0 Å². The Labute approximate surface area is 119 Å². The first kappa shape index (κ1) is 21.6. The molecule has 0 aromatic carbocycles. The molecule has 0 amide bonds. The Morgan fingerprint density at radius 1 is 0.826 bits per heavy atom. The molecule has 23 heavy (non-hydrogen) atoms. The molecule has 14 heteroatoms. The summed E-state index contributed by atoms with van der Waals surface area (Å²) in [6, 6.07) is 0. The molecule has 0 aliphatic heterocycles. The highest BCUT2D eigenvalue weighted by atomic mass is 19.4. The number of halogens is 12. The van der Waals surface area contributed by atoms with Gasteiger partial charge in [-0.2, -0.15) is 48.3 Å². The maximum Gasteiger partial charge on any atom is 0.460 e. The third-order valence-corrected chi connectivity index (χ3v) is 2.38. The summed E-state index contributed by atoms with van der Waals surface area (Å²) in [5.41, 5.74) is 0. The van der Waals surface area contributed by atoms with Crippen LogP contribution in [0, 0.1) is 0 Å². The smallest absolute Gasteiger partial charge is 0.460 e. The summed E-state index contributed by atoms with van der Waals surface area (Å²) in [5, 5.41) is 0. The molecule has 0 aliphatic rings. The van der Waals surface area contributed by atoms with E-state index in [0.29, 0.717) is 0 Å². The highest BCUT2D eigenvalue weighted by Crippen LogP contribution is 2.58. The summed E-state index contributed by atoms with van der Waals surface area (Å²) >= 11 is 0. The molecule has 0 heterocycles. The van der Waals surface area contributed by atoms with Crippen molar-refractivity contribution in [1.29, 1.82) is 0 Å². The van der Waals surface area contributed by atoms with Gasteiger partial charge >= 0.3 is 35.8 Å². The molecular weight excluding hydrogens is 368 g/mol. The lowest BCUT2D eigenvalue weighted by Crippen LogP contribution is -2.69. The molecule has 0 aliphatic carbocycles. The fraction of sp³-hybridized carbons (Fsp3) is 0.889. The van der Waals surface area contributed by atoms with E-state index < -0.39 is 48.6 Å². The topological polar surface area (TPSA) is 26.3 Å². The lowest BCUT2D eigenvalue weighted by atomic mass is 9.95. The van der Waals surface area contributed by atoms with E-state index in [2.05, 4.69) is 4.74 Å². The van der Waals surface area contributed by atoms with E-state index in [1.54, 1.807) is 0 Å². The van der Waals surface area contributed by atoms with E-state index in [4.69, 9.17) is 0 Å². The summed E-state index contributed by atoms with van der Waals surface area (Å²) < 4.78 is 154. The number of alkyl halides is 12. The van der Waals surface area contributed by atoms with Gasteiger partial charge in [-0.1, -0.05) is 0 Å². The van der Waals surface area contributed by atoms with Gasteiger partial charge in [0.2, 0.25) is 0 Å². The molecule has 2 nitrogen and oxygen atoms in total. The van der Waals surface area contributed by atoms with Crippen LogP contribution < -0.4 is 0 Å². The third kappa shape index (κ3) is 3.16. The van der Waals surface area contributed by atoms with Gasteiger partial charge in [-0.05, 0) is 6.92 Å². The number of carbonyl (C=O) groups excluding carboxylic acids is 1. The Morgan fingerprint density at radius 2 is 1.22 bits per heavy atom. The van der Waals surface area contributed by atoms with Crippen molar-refractivity contribution in [2.75, 3.05) is 6.61 Å². The fourth-order valence-corrected chi connectivity index (χ4v) is 1.11. The number of esters is 1. The average molecular weight is 374 g/mol. The van der Waals surface area contributed by atoms with E-state index in [0.717, 1.165) is 6.92 Å². The number of hydrogen-bond donors (Lipinski definition) is 0. The zero-order chi connectivity index (χ0) is 19.1. The molecule has 0 N–H and O–H groups in total. The summed E-state index contributed by atoms with van der Waals surface area (Å²) in [7, 11) is 0. The standard InChI is InChI=1S/C9H6F12O2/c1-2-23-4(22)3(10)5(11,12)6(13,14)7(15,16)8(17,18)9(19,20)21/h3H,2H2,1H3. The molecule has 0 bridgehead atoms. The van der Waals surface area contributed by atoms with Gasteiger partial charge in [0.25, 0.3) is 6.17 Å². The maximum atomic E-state index is 13.0. The van der Waals surface area contributed by atoms with Crippen molar-refractivity contribution in [2.45, 2.75) is 43.0 Å². The van der Waals surface area contributed by atoms with E-state index in [9.17, 15) is 57.5 Å². The van der Waals surface area contributed by atoms with Crippen LogP contribution in [0.3, 0.4) is 0 Å². The van der Waals surface area contributed by atoms with Crippen molar-refractivity contribution in [2.24, 2.45) is 0 Å². The lowest BCUT2D eigenvalue weighted by Gasteiger charge is -2.37. The number of carbonyl (C=O) groups is 1. The molecular formula is C9H6F12O2. The molecule has 138 valence electrons. The molecule has 0 saturated heterocycles.